The third-order valence-electron chi connectivity index (χ3n) is 4.81. The molecule has 0 saturated heterocycles. The second kappa shape index (κ2) is 6.34. The number of aromatic nitrogens is 2. The molecule has 3 nitrogen and oxygen atoms in total. The Kier molecular flexibility index (Phi) is 5.15. The summed E-state index contributed by atoms with van der Waals surface area (Å²) < 4.78 is 9.61. The maximum atomic E-state index is 6.43. The molecule has 0 aliphatic carbocycles. The summed E-state index contributed by atoms with van der Waals surface area (Å²) in [7, 11) is -1.72. The molecule has 1 aromatic heterocycles. The van der Waals surface area contributed by atoms with E-state index >= 15 is 0 Å². The highest BCUT2D eigenvalue weighted by Crippen LogP contribution is 2.37. The van der Waals surface area contributed by atoms with Gasteiger partial charge in [0.1, 0.15) is 0 Å². The Balaban J connectivity index is 2.12. The Labute approximate surface area is 149 Å². The highest BCUT2D eigenvalue weighted by molar-refractivity contribution is 9.10. The van der Waals surface area contributed by atoms with Crippen LogP contribution in [-0.2, 0) is 11.0 Å². The van der Waals surface area contributed by atoms with Gasteiger partial charge in [-0.25, -0.2) is 0 Å². The summed E-state index contributed by atoms with van der Waals surface area (Å²) in [5, 5.41) is 5.98. The number of rotatable bonds is 5. The maximum Gasteiger partial charge on any atom is 0.192 e. The van der Waals surface area contributed by atoms with Crippen LogP contribution in [0.2, 0.25) is 18.1 Å². The van der Waals surface area contributed by atoms with Crippen LogP contribution < -0.4 is 0 Å². The number of hydrogen-bond donors (Lipinski definition) is 0. The molecule has 5 heteroatoms. The van der Waals surface area contributed by atoms with Crippen molar-refractivity contribution >= 4 is 35.2 Å². The van der Waals surface area contributed by atoms with Gasteiger partial charge in [-0.05, 0) is 30.3 Å². The minimum absolute atomic E-state index is 0.0385. The van der Waals surface area contributed by atoms with Crippen LogP contribution >= 0.6 is 15.9 Å². The van der Waals surface area contributed by atoms with E-state index in [-0.39, 0.29) is 10.5 Å². The van der Waals surface area contributed by atoms with Crippen LogP contribution in [0, 0.1) is 5.41 Å². The van der Waals surface area contributed by atoms with Gasteiger partial charge in [0.25, 0.3) is 0 Å². The molecule has 0 atom stereocenters. The zero-order chi connectivity index (χ0) is 17.5. The van der Waals surface area contributed by atoms with Gasteiger partial charge in [0, 0.05) is 28.4 Å². The second-order valence-electron chi connectivity index (χ2n) is 8.72. The van der Waals surface area contributed by atoms with Crippen LogP contribution in [0.1, 0.15) is 34.6 Å². The Morgan fingerprint density at radius 2 is 1.83 bits per heavy atom. The molecule has 1 heterocycles. The van der Waals surface area contributed by atoms with Crippen molar-refractivity contribution in [3.63, 3.8) is 0 Å². The lowest BCUT2D eigenvalue weighted by atomic mass is 9.95. The van der Waals surface area contributed by atoms with E-state index < -0.39 is 8.32 Å². The van der Waals surface area contributed by atoms with Gasteiger partial charge >= 0.3 is 0 Å². The molecule has 0 aliphatic rings. The standard InChI is InChI=1S/C18H29BrN2OSi/c1-17(2,3)23(6,7)22-13-18(4,5)12-21-16-10-15(19)9-8-14(16)11-20-21/h8-11H,12-13H2,1-7H3. The number of hydrogen-bond acceptors (Lipinski definition) is 2. The quantitative estimate of drug-likeness (QED) is 0.592. The first-order chi connectivity index (χ1) is 10.4. The Morgan fingerprint density at radius 3 is 2.43 bits per heavy atom. The SMILES string of the molecule is CC(C)(CO[Si](C)(C)C(C)(C)C)Cn1ncc2ccc(Br)cc21. The maximum absolute atomic E-state index is 6.43. The zero-order valence-electron chi connectivity index (χ0n) is 15.4. The smallest absolute Gasteiger partial charge is 0.192 e. The summed E-state index contributed by atoms with van der Waals surface area (Å²) in [6.07, 6.45) is 1.94. The van der Waals surface area contributed by atoms with Gasteiger partial charge in [-0.2, -0.15) is 5.10 Å². The fourth-order valence-corrected chi connectivity index (χ4v) is 3.75. The summed E-state index contributed by atoms with van der Waals surface area (Å²) in [5.74, 6) is 0. The predicted octanol–water partition coefficient (Wildman–Crippen LogP) is 5.85. The lowest BCUT2D eigenvalue weighted by molar-refractivity contribution is 0.143. The topological polar surface area (TPSA) is 27.1 Å². The molecule has 23 heavy (non-hydrogen) atoms. The molecular weight excluding hydrogens is 368 g/mol. The summed E-state index contributed by atoms with van der Waals surface area (Å²) in [6, 6.07) is 6.29. The molecule has 0 amide bonds. The van der Waals surface area contributed by atoms with Gasteiger partial charge in [0.15, 0.2) is 8.32 Å². The normalized spacial score (nSPS) is 13.7. The van der Waals surface area contributed by atoms with E-state index in [0.29, 0.717) is 0 Å². The molecule has 0 radical (unpaired) electrons. The number of nitrogens with zero attached hydrogens (tertiary/aromatic N) is 2. The fraction of sp³-hybridized carbons (Fsp3) is 0.611. The van der Waals surface area contributed by atoms with Crippen molar-refractivity contribution in [3.05, 3.63) is 28.9 Å². The molecule has 0 bridgehead atoms. The molecule has 0 saturated carbocycles. The van der Waals surface area contributed by atoms with E-state index in [1.807, 2.05) is 6.20 Å². The Morgan fingerprint density at radius 1 is 1.17 bits per heavy atom. The molecule has 2 rings (SSSR count). The van der Waals surface area contributed by atoms with Crippen molar-refractivity contribution in [3.8, 4) is 0 Å². The lowest BCUT2D eigenvalue weighted by Gasteiger charge is -2.39. The average molecular weight is 397 g/mol. The highest BCUT2D eigenvalue weighted by Gasteiger charge is 2.38. The second-order valence-corrected chi connectivity index (χ2v) is 14.4. The number of benzene rings is 1. The molecule has 0 spiro atoms. The van der Waals surface area contributed by atoms with Crippen LogP contribution in [0.25, 0.3) is 10.9 Å². The van der Waals surface area contributed by atoms with Gasteiger partial charge < -0.3 is 4.43 Å². The third-order valence-corrected chi connectivity index (χ3v) is 9.79. The van der Waals surface area contributed by atoms with E-state index in [9.17, 15) is 0 Å². The van der Waals surface area contributed by atoms with E-state index in [4.69, 9.17) is 4.43 Å². The van der Waals surface area contributed by atoms with Crippen LogP contribution in [-0.4, -0.2) is 24.7 Å². The monoisotopic (exact) mass is 396 g/mol. The molecular formula is C18H29BrN2OSi. The lowest BCUT2D eigenvalue weighted by Crippen LogP contribution is -2.43. The van der Waals surface area contributed by atoms with Crippen molar-refractivity contribution < 1.29 is 4.43 Å². The minimum atomic E-state index is -1.72. The minimum Gasteiger partial charge on any atom is -0.416 e. The molecule has 0 aliphatic heterocycles. The third kappa shape index (κ3) is 4.46. The van der Waals surface area contributed by atoms with E-state index in [1.165, 1.54) is 10.9 Å². The Bertz CT molecular complexity index is 686. The van der Waals surface area contributed by atoms with Crippen molar-refractivity contribution in [2.75, 3.05) is 6.61 Å². The Hall–Kier alpha value is -0.653. The van der Waals surface area contributed by atoms with Gasteiger partial charge in [0.2, 0.25) is 0 Å². The summed E-state index contributed by atoms with van der Waals surface area (Å²) in [4.78, 5) is 0. The van der Waals surface area contributed by atoms with Crippen LogP contribution in [0.4, 0.5) is 0 Å². The molecule has 2 aromatic rings. The van der Waals surface area contributed by atoms with E-state index in [0.717, 1.165) is 17.6 Å². The van der Waals surface area contributed by atoms with Crippen molar-refractivity contribution in [1.82, 2.24) is 9.78 Å². The molecule has 0 N–H and O–H groups in total. The predicted molar refractivity (Wildman–Crippen MR) is 104 cm³/mol. The molecule has 0 fully saturated rings. The van der Waals surface area contributed by atoms with Crippen molar-refractivity contribution in [2.24, 2.45) is 5.41 Å². The summed E-state index contributed by atoms with van der Waals surface area (Å²) in [6.45, 7) is 17.6. The summed E-state index contributed by atoms with van der Waals surface area (Å²) in [5.41, 5.74) is 1.20. The van der Waals surface area contributed by atoms with Gasteiger partial charge in [-0.3, -0.25) is 4.68 Å². The molecule has 1 aromatic carbocycles. The molecule has 128 valence electrons. The van der Waals surface area contributed by atoms with E-state index in [1.54, 1.807) is 0 Å². The van der Waals surface area contributed by atoms with E-state index in [2.05, 4.69) is 91.6 Å². The van der Waals surface area contributed by atoms with Crippen LogP contribution in [0.3, 0.4) is 0 Å². The van der Waals surface area contributed by atoms with Gasteiger partial charge in [-0.15, -0.1) is 0 Å². The average Bonchev–Trinajstić information content (AvgIpc) is 2.77. The first-order valence-corrected chi connectivity index (χ1v) is 11.9. The number of fused-ring (bicyclic) bond motifs is 1. The van der Waals surface area contributed by atoms with Crippen LogP contribution in [0.15, 0.2) is 28.9 Å². The highest BCUT2D eigenvalue weighted by atomic mass is 79.9. The zero-order valence-corrected chi connectivity index (χ0v) is 18.0. The largest absolute Gasteiger partial charge is 0.416 e. The van der Waals surface area contributed by atoms with Crippen molar-refractivity contribution in [1.29, 1.82) is 0 Å². The first-order valence-electron chi connectivity index (χ1n) is 8.16. The van der Waals surface area contributed by atoms with Gasteiger partial charge in [0.05, 0.1) is 11.7 Å². The molecule has 0 unspecified atom stereocenters. The summed E-state index contributed by atoms with van der Waals surface area (Å²) >= 11 is 3.55. The number of halogens is 1. The van der Waals surface area contributed by atoms with Crippen molar-refractivity contribution in [2.45, 2.75) is 59.3 Å². The van der Waals surface area contributed by atoms with Gasteiger partial charge in [-0.1, -0.05) is 56.6 Å². The van der Waals surface area contributed by atoms with Crippen LogP contribution in [0.5, 0.6) is 0 Å². The first kappa shape index (κ1) is 18.7. The fourth-order valence-electron chi connectivity index (χ4n) is 2.21.